The molecular formula is C55H49N. The van der Waals surface area contributed by atoms with Gasteiger partial charge in [0.05, 0.1) is 16.8 Å². The van der Waals surface area contributed by atoms with Gasteiger partial charge < -0.3 is 4.90 Å². The molecule has 0 aliphatic heterocycles. The summed E-state index contributed by atoms with van der Waals surface area (Å²) in [5.41, 5.74) is 23.1. The summed E-state index contributed by atoms with van der Waals surface area (Å²) >= 11 is 0. The largest absolute Gasteiger partial charge is 0.310 e. The van der Waals surface area contributed by atoms with Crippen LogP contribution in [-0.2, 0) is 29.1 Å². The van der Waals surface area contributed by atoms with Crippen molar-refractivity contribution in [2.75, 3.05) is 4.90 Å². The molecule has 1 nitrogen and oxygen atoms in total. The Hall–Kier alpha value is -5.66. The van der Waals surface area contributed by atoms with Gasteiger partial charge in [0.15, 0.2) is 0 Å². The minimum Gasteiger partial charge on any atom is -0.310 e. The molecule has 0 N–H and O–H groups in total. The second kappa shape index (κ2) is 12.2. The van der Waals surface area contributed by atoms with Crippen molar-refractivity contribution in [3.8, 4) is 33.4 Å². The molecule has 0 unspecified atom stereocenters. The fraction of sp³-hybridized carbons (Fsp3) is 0.236. The fourth-order valence-corrected chi connectivity index (χ4v) is 11.4. The van der Waals surface area contributed by atoms with Gasteiger partial charge in [0.25, 0.3) is 0 Å². The quantitative estimate of drug-likeness (QED) is 0.175. The molecule has 0 bridgehead atoms. The van der Waals surface area contributed by atoms with Crippen molar-refractivity contribution >= 4 is 17.1 Å². The standard InChI is InChI=1S/C55H49N/c1-53(2)32-33-54(3,4)52-48(53)30-17-31-50(52)56(37-20-6-5-7-21-37)51-35-49-43(34-44(51)39-26-16-19-36-18-8-9-22-38(36)39)42-25-12-15-29-47(42)55(49)45-27-13-10-23-40(45)41-24-11-14-28-46(41)55/h5-7,10-17,19-21,23-31,34-35H,8-9,18,22,32-33H2,1-4H3. The van der Waals surface area contributed by atoms with Crippen LogP contribution in [0.15, 0.2) is 152 Å². The number of nitrogens with zero attached hydrogens (tertiary/aromatic N) is 1. The maximum absolute atomic E-state index is 2.66. The van der Waals surface area contributed by atoms with Crippen LogP contribution in [0.3, 0.4) is 0 Å². The summed E-state index contributed by atoms with van der Waals surface area (Å²) in [6, 6.07) is 58.4. The molecule has 0 saturated carbocycles. The van der Waals surface area contributed by atoms with Gasteiger partial charge in [-0.05, 0) is 152 Å². The van der Waals surface area contributed by atoms with Crippen LogP contribution >= 0.6 is 0 Å². The minimum atomic E-state index is -0.428. The zero-order chi connectivity index (χ0) is 37.8. The first-order valence-electron chi connectivity index (χ1n) is 20.9. The van der Waals surface area contributed by atoms with E-state index in [-0.39, 0.29) is 10.8 Å². The van der Waals surface area contributed by atoms with E-state index in [1.165, 1.54) is 114 Å². The molecule has 0 radical (unpaired) electrons. The summed E-state index contributed by atoms with van der Waals surface area (Å²) in [7, 11) is 0. The lowest BCUT2D eigenvalue weighted by Crippen LogP contribution is -2.35. The third-order valence-corrected chi connectivity index (χ3v) is 14.1. The summed E-state index contributed by atoms with van der Waals surface area (Å²) in [6.45, 7) is 9.85. The maximum Gasteiger partial charge on any atom is 0.0726 e. The van der Waals surface area contributed by atoms with Gasteiger partial charge in [-0.1, -0.05) is 149 Å². The van der Waals surface area contributed by atoms with Crippen LogP contribution in [0.4, 0.5) is 17.1 Å². The minimum absolute atomic E-state index is 0.0120. The van der Waals surface area contributed by atoms with Crippen LogP contribution in [-0.4, -0.2) is 0 Å². The van der Waals surface area contributed by atoms with Gasteiger partial charge in [-0.3, -0.25) is 0 Å². The van der Waals surface area contributed by atoms with Crippen LogP contribution < -0.4 is 4.90 Å². The van der Waals surface area contributed by atoms with Gasteiger partial charge in [-0.2, -0.15) is 0 Å². The highest BCUT2D eigenvalue weighted by Crippen LogP contribution is 2.64. The molecule has 0 saturated heterocycles. The van der Waals surface area contributed by atoms with E-state index >= 15 is 0 Å². The van der Waals surface area contributed by atoms with Crippen LogP contribution in [0.1, 0.15) is 97.9 Å². The molecule has 0 heterocycles. The summed E-state index contributed by atoms with van der Waals surface area (Å²) in [5, 5.41) is 0. The summed E-state index contributed by atoms with van der Waals surface area (Å²) in [4.78, 5) is 2.66. The van der Waals surface area contributed by atoms with Gasteiger partial charge in [-0.25, -0.2) is 0 Å². The molecule has 1 spiro atoms. The molecule has 0 aromatic heterocycles. The van der Waals surface area contributed by atoms with E-state index in [2.05, 4.69) is 184 Å². The number of hydrogen-bond acceptors (Lipinski definition) is 1. The first-order chi connectivity index (χ1) is 27.3. The summed E-state index contributed by atoms with van der Waals surface area (Å²) in [5.74, 6) is 0. The highest BCUT2D eigenvalue weighted by molar-refractivity contribution is 6.00. The lowest BCUT2D eigenvalue weighted by Gasteiger charge is -2.45. The molecule has 4 aliphatic rings. The van der Waals surface area contributed by atoms with Gasteiger partial charge in [-0.15, -0.1) is 0 Å². The van der Waals surface area contributed by atoms with E-state index in [4.69, 9.17) is 0 Å². The Morgan fingerprint density at radius 1 is 0.411 bits per heavy atom. The average molecular weight is 724 g/mol. The highest BCUT2D eigenvalue weighted by Gasteiger charge is 2.52. The zero-order valence-electron chi connectivity index (χ0n) is 33.1. The maximum atomic E-state index is 2.66. The third-order valence-electron chi connectivity index (χ3n) is 14.1. The Labute approximate surface area is 332 Å². The van der Waals surface area contributed by atoms with Crippen molar-refractivity contribution < 1.29 is 0 Å². The van der Waals surface area contributed by atoms with Gasteiger partial charge >= 0.3 is 0 Å². The second-order valence-electron chi connectivity index (χ2n) is 18.1. The Bertz CT molecular complexity index is 2660. The van der Waals surface area contributed by atoms with Crippen LogP contribution in [0.25, 0.3) is 33.4 Å². The Morgan fingerprint density at radius 3 is 1.66 bits per heavy atom. The monoisotopic (exact) mass is 723 g/mol. The van der Waals surface area contributed by atoms with Crippen LogP contribution in [0.5, 0.6) is 0 Å². The second-order valence-corrected chi connectivity index (χ2v) is 18.1. The predicted octanol–water partition coefficient (Wildman–Crippen LogP) is 14.4. The van der Waals surface area contributed by atoms with Crippen LogP contribution in [0.2, 0.25) is 0 Å². The normalized spacial score (nSPS) is 17.3. The van der Waals surface area contributed by atoms with Gasteiger partial charge in [0, 0.05) is 11.3 Å². The van der Waals surface area contributed by atoms with Gasteiger partial charge in [0.2, 0.25) is 0 Å². The van der Waals surface area contributed by atoms with E-state index in [1.54, 1.807) is 0 Å². The summed E-state index contributed by atoms with van der Waals surface area (Å²) < 4.78 is 0. The van der Waals surface area contributed by atoms with E-state index in [0.29, 0.717) is 0 Å². The Kier molecular flexibility index (Phi) is 7.31. The van der Waals surface area contributed by atoms with Crippen molar-refractivity contribution in [2.45, 2.75) is 82.5 Å². The molecule has 0 amide bonds. The lowest BCUT2D eigenvalue weighted by atomic mass is 9.62. The molecule has 7 aromatic rings. The third kappa shape index (κ3) is 4.61. The van der Waals surface area contributed by atoms with E-state index in [9.17, 15) is 0 Å². The number of rotatable bonds is 4. The molecule has 0 fully saturated rings. The molecular weight excluding hydrogens is 675 g/mol. The Balaban J connectivity index is 1.30. The smallest absolute Gasteiger partial charge is 0.0726 e. The molecule has 56 heavy (non-hydrogen) atoms. The van der Waals surface area contributed by atoms with Crippen molar-refractivity contribution in [2.24, 2.45) is 0 Å². The topological polar surface area (TPSA) is 3.24 Å². The Morgan fingerprint density at radius 2 is 0.964 bits per heavy atom. The zero-order valence-corrected chi connectivity index (χ0v) is 33.1. The molecule has 1 heteroatoms. The number of para-hydroxylation sites is 1. The van der Waals surface area contributed by atoms with Crippen molar-refractivity contribution in [1.29, 1.82) is 0 Å². The van der Waals surface area contributed by atoms with E-state index < -0.39 is 5.41 Å². The van der Waals surface area contributed by atoms with Crippen molar-refractivity contribution in [3.63, 3.8) is 0 Å². The fourth-order valence-electron chi connectivity index (χ4n) is 11.4. The molecule has 11 rings (SSSR count). The average Bonchev–Trinajstić information content (AvgIpc) is 3.69. The molecule has 7 aromatic carbocycles. The number of fused-ring (bicyclic) bond motifs is 12. The first-order valence-corrected chi connectivity index (χ1v) is 20.9. The van der Waals surface area contributed by atoms with Crippen molar-refractivity contribution in [1.82, 2.24) is 0 Å². The van der Waals surface area contributed by atoms with Crippen molar-refractivity contribution in [3.05, 3.63) is 196 Å². The lowest BCUT2D eigenvalue weighted by molar-refractivity contribution is 0.332. The highest BCUT2D eigenvalue weighted by atomic mass is 15.1. The SMILES string of the molecule is CC1(C)CCC(C)(C)c2c(N(c3ccccc3)c3cc4c(cc3-c3cccc5c3CCCC5)-c3ccccc3C43c4ccccc4-c4ccccc43)cccc21. The molecule has 4 aliphatic carbocycles. The molecule has 0 atom stereocenters. The van der Waals surface area contributed by atoms with E-state index in [1.807, 2.05) is 0 Å². The summed E-state index contributed by atoms with van der Waals surface area (Å²) in [6.07, 6.45) is 7.11. The number of benzene rings is 7. The number of aryl methyl sites for hydroxylation is 1. The van der Waals surface area contributed by atoms with E-state index in [0.717, 1.165) is 19.3 Å². The van der Waals surface area contributed by atoms with Gasteiger partial charge in [0.1, 0.15) is 0 Å². The number of anilines is 3. The molecule has 274 valence electrons. The first kappa shape index (κ1) is 33.7. The number of hydrogen-bond donors (Lipinski definition) is 0. The predicted molar refractivity (Wildman–Crippen MR) is 235 cm³/mol. The van der Waals surface area contributed by atoms with Crippen LogP contribution in [0, 0.1) is 0 Å².